The fourth-order valence-corrected chi connectivity index (χ4v) is 7.14. The number of nitrogens with zero attached hydrogens (tertiary/aromatic N) is 3. The van der Waals surface area contributed by atoms with Crippen LogP contribution in [0.15, 0.2) is 23.1 Å². The number of halogens is 1. The predicted octanol–water partition coefficient (Wildman–Crippen LogP) is 3.24. The van der Waals surface area contributed by atoms with Gasteiger partial charge in [0.05, 0.1) is 5.02 Å². The second-order valence-electron chi connectivity index (χ2n) is 9.35. The number of sulfonamides is 1. The maximum atomic E-state index is 13.2. The van der Waals surface area contributed by atoms with Gasteiger partial charge in [0.15, 0.2) is 0 Å². The van der Waals surface area contributed by atoms with Crippen LogP contribution >= 0.6 is 11.6 Å². The van der Waals surface area contributed by atoms with Gasteiger partial charge in [-0.25, -0.2) is 8.42 Å². The van der Waals surface area contributed by atoms with Gasteiger partial charge in [-0.05, 0) is 62.6 Å². The van der Waals surface area contributed by atoms with Gasteiger partial charge in [0.1, 0.15) is 4.90 Å². The Morgan fingerprint density at radius 2 is 1.62 bits per heavy atom. The Kier molecular flexibility index (Phi) is 7.12. The van der Waals surface area contributed by atoms with Crippen molar-refractivity contribution in [2.45, 2.75) is 50.3 Å². The zero-order valence-corrected chi connectivity index (χ0v) is 20.2. The zero-order valence-electron chi connectivity index (χ0n) is 18.6. The van der Waals surface area contributed by atoms with E-state index in [2.05, 4.69) is 0 Å². The smallest absolute Gasteiger partial charge is 0.253 e. The first-order valence-electron chi connectivity index (χ1n) is 11.6. The molecule has 0 radical (unpaired) electrons. The topological polar surface area (TPSA) is 78.0 Å². The molecule has 2 amide bonds. The molecule has 3 heterocycles. The monoisotopic (exact) mass is 481 g/mol. The van der Waals surface area contributed by atoms with Crippen LogP contribution in [0.3, 0.4) is 0 Å². The van der Waals surface area contributed by atoms with Crippen LogP contribution in [0.25, 0.3) is 0 Å². The van der Waals surface area contributed by atoms with E-state index in [0.717, 1.165) is 38.8 Å². The summed E-state index contributed by atoms with van der Waals surface area (Å²) in [7, 11) is -3.76. The minimum Gasteiger partial charge on any atom is -0.342 e. The molecule has 32 heavy (non-hydrogen) atoms. The first-order chi connectivity index (χ1) is 15.3. The summed E-state index contributed by atoms with van der Waals surface area (Å²) >= 11 is 6.27. The first kappa shape index (κ1) is 23.5. The van der Waals surface area contributed by atoms with Gasteiger partial charge in [-0.15, -0.1) is 0 Å². The van der Waals surface area contributed by atoms with Crippen molar-refractivity contribution >= 4 is 33.4 Å². The van der Waals surface area contributed by atoms with E-state index < -0.39 is 10.0 Å². The molecular formula is C23H32ClN3O4S. The number of piperidine rings is 2. The highest BCUT2D eigenvalue weighted by Gasteiger charge is 2.33. The zero-order chi connectivity index (χ0) is 22.9. The van der Waals surface area contributed by atoms with Gasteiger partial charge in [0.25, 0.3) is 5.91 Å². The molecule has 7 nitrogen and oxygen atoms in total. The van der Waals surface area contributed by atoms with E-state index in [-0.39, 0.29) is 27.7 Å². The number of hydrogen-bond donors (Lipinski definition) is 0. The molecule has 176 valence electrons. The number of likely N-dealkylation sites (tertiary alicyclic amines) is 2. The van der Waals surface area contributed by atoms with Crippen LogP contribution in [-0.2, 0) is 14.8 Å². The van der Waals surface area contributed by atoms with Gasteiger partial charge in [0, 0.05) is 50.7 Å². The van der Waals surface area contributed by atoms with Gasteiger partial charge in [-0.3, -0.25) is 9.59 Å². The Morgan fingerprint density at radius 1 is 0.938 bits per heavy atom. The Labute approximate surface area is 195 Å². The lowest BCUT2D eigenvalue weighted by atomic mass is 9.95. The minimum absolute atomic E-state index is 0.00165. The fourth-order valence-electron chi connectivity index (χ4n) is 5.05. The Hall–Kier alpha value is -1.64. The maximum absolute atomic E-state index is 13.2. The van der Waals surface area contributed by atoms with Crippen molar-refractivity contribution in [3.05, 3.63) is 28.8 Å². The average Bonchev–Trinajstić information content (AvgIpc) is 3.33. The molecule has 0 bridgehead atoms. The maximum Gasteiger partial charge on any atom is 0.253 e. The molecule has 1 aromatic rings. The Balaban J connectivity index is 1.45. The third-order valence-electron chi connectivity index (χ3n) is 6.96. The normalized spacial score (nSPS) is 23.5. The largest absolute Gasteiger partial charge is 0.342 e. The van der Waals surface area contributed by atoms with Crippen molar-refractivity contribution in [2.24, 2.45) is 11.8 Å². The summed E-state index contributed by atoms with van der Waals surface area (Å²) in [5.74, 6) is 0.272. The van der Waals surface area contributed by atoms with Crippen LogP contribution in [0.5, 0.6) is 0 Å². The molecule has 9 heteroatoms. The first-order valence-corrected chi connectivity index (χ1v) is 13.5. The number of amides is 2. The molecule has 3 fully saturated rings. The van der Waals surface area contributed by atoms with Gasteiger partial charge < -0.3 is 9.80 Å². The Morgan fingerprint density at radius 3 is 2.28 bits per heavy atom. The summed E-state index contributed by atoms with van der Waals surface area (Å²) in [4.78, 5) is 29.4. The predicted molar refractivity (Wildman–Crippen MR) is 123 cm³/mol. The molecular weight excluding hydrogens is 450 g/mol. The standard InChI is InChI=1S/C23H32ClN3O4S/c1-17-5-4-12-27(16-17)32(30,31)21-15-19(6-7-20(21)24)23(29)26-13-8-18(9-14-26)22(28)25-10-2-3-11-25/h6-7,15,17-18H,2-5,8-14,16H2,1H3. The lowest BCUT2D eigenvalue weighted by molar-refractivity contribution is -0.135. The molecule has 4 rings (SSSR count). The van der Waals surface area contributed by atoms with Crippen LogP contribution < -0.4 is 0 Å². The van der Waals surface area contributed by atoms with Crippen molar-refractivity contribution < 1.29 is 18.0 Å². The van der Waals surface area contributed by atoms with Crippen molar-refractivity contribution in [3.63, 3.8) is 0 Å². The number of benzene rings is 1. The lowest BCUT2D eigenvalue weighted by Gasteiger charge is -2.33. The van der Waals surface area contributed by atoms with E-state index in [1.165, 1.54) is 16.4 Å². The van der Waals surface area contributed by atoms with Crippen LogP contribution in [0, 0.1) is 11.8 Å². The molecule has 1 aromatic carbocycles. The van der Waals surface area contributed by atoms with Crippen LogP contribution in [0.2, 0.25) is 5.02 Å². The highest BCUT2D eigenvalue weighted by Crippen LogP contribution is 2.30. The fraction of sp³-hybridized carbons (Fsp3) is 0.652. The second-order valence-corrected chi connectivity index (χ2v) is 11.7. The molecule has 1 unspecified atom stereocenters. The number of hydrogen-bond acceptors (Lipinski definition) is 4. The summed E-state index contributed by atoms with van der Waals surface area (Å²) in [6.45, 7) is 5.66. The molecule has 3 saturated heterocycles. The van der Waals surface area contributed by atoms with Crippen LogP contribution in [-0.4, -0.2) is 73.6 Å². The molecule has 3 aliphatic rings. The molecule has 3 aliphatic heterocycles. The third kappa shape index (κ3) is 4.82. The van der Waals surface area contributed by atoms with Gasteiger partial charge in [-0.1, -0.05) is 18.5 Å². The van der Waals surface area contributed by atoms with E-state index in [1.807, 2.05) is 11.8 Å². The van der Waals surface area contributed by atoms with Crippen molar-refractivity contribution in [1.29, 1.82) is 0 Å². The summed E-state index contributed by atoms with van der Waals surface area (Å²) in [6, 6.07) is 4.50. The highest BCUT2D eigenvalue weighted by atomic mass is 35.5. The van der Waals surface area contributed by atoms with Crippen molar-refractivity contribution in [1.82, 2.24) is 14.1 Å². The van der Waals surface area contributed by atoms with Gasteiger partial charge in [0.2, 0.25) is 15.9 Å². The average molecular weight is 482 g/mol. The van der Waals surface area contributed by atoms with Gasteiger partial charge >= 0.3 is 0 Å². The SMILES string of the molecule is CC1CCCN(S(=O)(=O)c2cc(C(=O)N3CCC(C(=O)N4CCCC4)CC3)ccc2Cl)C1. The quantitative estimate of drug-likeness (QED) is 0.661. The number of carbonyl (C=O) groups excluding carboxylic acids is 2. The van der Waals surface area contributed by atoms with Crippen molar-refractivity contribution in [3.8, 4) is 0 Å². The highest BCUT2D eigenvalue weighted by molar-refractivity contribution is 7.89. The van der Waals surface area contributed by atoms with E-state index in [4.69, 9.17) is 11.6 Å². The molecule has 0 aromatic heterocycles. The molecule has 0 N–H and O–H groups in total. The molecule has 0 aliphatic carbocycles. The third-order valence-corrected chi connectivity index (χ3v) is 9.31. The molecule has 0 spiro atoms. The summed E-state index contributed by atoms with van der Waals surface area (Å²) in [5, 5.41) is 0.134. The van der Waals surface area contributed by atoms with Gasteiger partial charge in [-0.2, -0.15) is 4.31 Å². The molecule has 0 saturated carbocycles. The van der Waals surface area contributed by atoms with E-state index in [9.17, 15) is 18.0 Å². The van der Waals surface area contributed by atoms with E-state index in [1.54, 1.807) is 11.0 Å². The summed E-state index contributed by atoms with van der Waals surface area (Å²) < 4.78 is 27.9. The number of carbonyl (C=O) groups is 2. The summed E-state index contributed by atoms with van der Waals surface area (Å²) in [5.41, 5.74) is 0.322. The number of rotatable bonds is 4. The molecule has 1 atom stereocenters. The minimum atomic E-state index is -3.76. The van der Waals surface area contributed by atoms with Crippen molar-refractivity contribution in [2.75, 3.05) is 39.3 Å². The second kappa shape index (κ2) is 9.69. The summed E-state index contributed by atoms with van der Waals surface area (Å²) in [6.07, 6.45) is 5.26. The van der Waals surface area contributed by atoms with E-state index >= 15 is 0 Å². The van der Waals surface area contributed by atoms with E-state index in [0.29, 0.717) is 50.5 Å². The van der Waals surface area contributed by atoms with Crippen LogP contribution in [0.4, 0.5) is 0 Å². The Bertz CT molecular complexity index is 969. The van der Waals surface area contributed by atoms with Crippen LogP contribution in [0.1, 0.15) is 55.8 Å². The lowest BCUT2D eigenvalue weighted by Crippen LogP contribution is -2.43.